The van der Waals surface area contributed by atoms with Gasteiger partial charge in [0.1, 0.15) is 0 Å². The first-order chi connectivity index (χ1) is 20.3. The first-order valence-electron chi connectivity index (χ1n) is 15.5. The third-order valence-corrected chi connectivity index (χ3v) is 9.54. The van der Waals surface area contributed by atoms with Crippen LogP contribution in [0.2, 0.25) is 0 Å². The van der Waals surface area contributed by atoms with Gasteiger partial charge in [0.15, 0.2) is 0 Å². The van der Waals surface area contributed by atoms with Gasteiger partial charge in [0.05, 0.1) is 50.8 Å². The Balaban J connectivity index is 1.04. The number of ether oxygens (including phenoxy) is 4. The molecule has 4 heterocycles. The molecule has 4 unspecified atom stereocenters. The van der Waals surface area contributed by atoms with E-state index in [1.807, 2.05) is 0 Å². The van der Waals surface area contributed by atoms with Crippen LogP contribution >= 0.6 is 0 Å². The summed E-state index contributed by atoms with van der Waals surface area (Å²) in [4.78, 5) is 4.83. The third kappa shape index (κ3) is 6.37. The Bertz CT molecular complexity index is 1220. The minimum Gasteiger partial charge on any atom is -0.371 e. The van der Waals surface area contributed by atoms with Gasteiger partial charge in [-0.3, -0.25) is 0 Å². The minimum absolute atomic E-state index is 0.104. The largest absolute Gasteiger partial charge is 0.371 e. The molecular formula is C36H44N2O4. The van der Waals surface area contributed by atoms with E-state index in [2.05, 4.69) is 110 Å². The predicted molar refractivity (Wildman–Crippen MR) is 167 cm³/mol. The van der Waals surface area contributed by atoms with Crippen molar-refractivity contribution in [1.29, 1.82) is 0 Å². The zero-order chi connectivity index (χ0) is 28.9. The Hall–Kier alpha value is -2.90. The molecule has 42 heavy (non-hydrogen) atoms. The molecule has 7 rings (SSSR count). The number of epoxide rings is 4. The summed E-state index contributed by atoms with van der Waals surface area (Å²) >= 11 is 0. The van der Waals surface area contributed by atoms with Gasteiger partial charge in [-0.2, -0.15) is 0 Å². The molecule has 6 heteroatoms. The van der Waals surface area contributed by atoms with Gasteiger partial charge < -0.3 is 28.7 Å². The van der Waals surface area contributed by atoms with Crippen LogP contribution in [-0.2, 0) is 29.8 Å². The van der Waals surface area contributed by atoms with Crippen molar-refractivity contribution in [2.45, 2.75) is 62.9 Å². The van der Waals surface area contributed by atoms with Crippen LogP contribution < -0.4 is 9.80 Å². The van der Waals surface area contributed by atoms with E-state index in [1.165, 1.54) is 33.6 Å². The second-order valence-electron chi connectivity index (χ2n) is 13.6. The molecule has 0 bridgehead atoms. The van der Waals surface area contributed by atoms with Crippen LogP contribution in [0.1, 0.15) is 49.9 Å². The maximum absolute atomic E-state index is 5.51. The minimum atomic E-state index is -0.104. The highest BCUT2D eigenvalue weighted by Crippen LogP contribution is 2.37. The molecule has 4 fully saturated rings. The van der Waals surface area contributed by atoms with E-state index in [1.54, 1.807) is 0 Å². The molecule has 0 aliphatic carbocycles. The number of hydrogen-bond acceptors (Lipinski definition) is 6. The third-order valence-electron chi connectivity index (χ3n) is 9.54. The Labute approximate surface area is 250 Å². The van der Waals surface area contributed by atoms with Gasteiger partial charge in [-0.15, -0.1) is 0 Å². The Morgan fingerprint density at radius 2 is 0.667 bits per heavy atom. The summed E-state index contributed by atoms with van der Waals surface area (Å²) in [5.41, 5.74) is 7.55. The number of hydrogen-bond donors (Lipinski definition) is 0. The van der Waals surface area contributed by atoms with E-state index >= 15 is 0 Å². The molecule has 0 N–H and O–H groups in total. The van der Waals surface area contributed by atoms with E-state index in [-0.39, 0.29) is 10.8 Å². The highest BCUT2D eigenvalue weighted by atomic mass is 16.6. The van der Waals surface area contributed by atoms with Crippen LogP contribution in [0.4, 0.5) is 11.4 Å². The number of benzene rings is 3. The highest BCUT2D eigenvalue weighted by molar-refractivity contribution is 5.53. The van der Waals surface area contributed by atoms with E-state index < -0.39 is 0 Å². The molecule has 6 nitrogen and oxygen atoms in total. The summed E-state index contributed by atoms with van der Waals surface area (Å²) in [5, 5.41) is 0. The molecular weight excluding hydrogens is 524 g/mol. The standard InChI is InChI=1S/C36H44N2O4/c1-35(2,27-9-13-29(14-10-27)37(17-31-21-39-31)18-32-22-40-32)25-5-7-26(8-6-25)36(3,4)28-11-15-30(16-12-28)38(19-33-23-41-33)20-34-24-42-34/h5-16,31-34H,17-24H2,1-4H3. The van der Waals surface area contributed by atoms with Crippen LogP contribution in [0.25, 0.3) is 0 Å². The molecule has 0 radical (unpaired) electrons. The van der Waals surface area contributed by atoms with E-state index in [0.29, 0.717) is 24.4 Å². The number of rotatable bonds is 14. The van der Waals surface area contributed by atoms with Crippen molar-refractivity contribution >= 4 is 11.4 Å². The van der Waals surface area contributed by atoms with Gasteiger partial charge in [0, 0.05) is 48.4 Å². The van der Waals surface area contributed by atoms with Gasteiger partial charge in [0.2, 0.25) is 0 Å². The summed E-state index contributed by atoms with van der Waals surface area (Å²) < 4.78 is 22.0. The number of anilines is 2. The summed E-state index contributed by atoms with van der Waals surface area (Å²) in [7, 11) is 0. The molecule has 3 aromatic carbocycles. The Kier molecular flexibility index (Phi) is 7.30. The summed E-state index contributed by atoms with van der Waals surface area (Å²) in [5.74, 6) is 0. The van der Waals surface area contributed by atoms with Crippen LogP contribution in [0.15, 0.2) is 72.8 Å². The van der Waals surface area contributed by atoms with Crippen molar-refractivity contribution in [3.8, 4) is 0 Å². The van der Waals surface area contributed by atoms with Crippen molar-refractivity contribution in [3.05, 3.63) is 95.1 Å². The van der Waals surface area contributed by atoms with Gasteiger partial charge >= 0.3 is 0 Å². The SMILES string of the molecule is CC(C)(c1ccc(N(CC2CO2)CC2CO2)cc1)c1ccc(C(C)(C)c2ccc(N(CC3CO3)CC3CO3)cc2)cc1. The van der Waals surface area contributed by atoms with Crippen molar-refractivity contribution in [2.75, 3.05) is 62.4 Å². The molecule has 0 saturated carbocycles. The Morgan fingerprint density at radius 3 is 0.881 bits per heavy atom. The molecule has 0 spiro atoms. The fourth-order valence-corrected chi connectivity index (χ4v) is 6.06. The Morgan fingerprint density at radius 1 is 0.452 bits per heavy atom. The van der Waals surface area contributed by atoms with E-state index in [9.17, 15) is 0 Å². The van der Waals surface area contributed by atoms with Gasteiger partial charge in [-0.1, -0.05) is 76.2 Å². The van der Waals surface area contributed by atoms with Gasteiger partial charge in [0.25, 0.3) is 0 Å². The van der Waals surface area contributed by atoms with Gasteiger partial charge in [-0.25, -0.2) is 0 Å². The second kappa shape index (κ2) is 11.0. The molecule has 3 aromatic rings. The second-order valence-corrected chi connectivity index (χ2v) is 13.6. The topological polar surface area (TPSA) is 56.6 Å². The summed E-state index contributed by atoms with van der Waals surface area (Å²) in [6.07, 6.45) is 1.44. The maximum atomic E-state index is 5.51. The van der Waals surface area contributed by atoms with Crippen LogP contribution in [-0.4, -0.2) is 77.0 Å². The fourth-order valence-electron chi connectivity index (χ4n) is 6.06. The first-order valence-corrected chi connectivity index (χ1v) is 15.5. The predicted octanol–water partition coefficient (Wildman–Crippen LogP) is 5.55. The lowest BCUT2D eigenvalue weighted by atomic mass is 9.74. The van der Waals surface area contributed by atoms with Crippen molar-refractivity contribution in [1.82, 2.24) is 0 Å². The normalized spacial score (nSPS) is 24.3. The maximum Gasteiger partial charge on any atom is 0.0984 e. The van der Waals surface area contributed by atoms with Crippen LogP contribution in [0.3, 0.4) is 0 Å². The molecule has 4 aliphatic rings. The molecule has 0 aromatic heterocycles. The quantitative estimate of drug-likeness (QED) is 0.238. The summed E-state index contributed by atoms with van der Waals surface area (Å²) in [6.45, 7) is 16.5. The monoisotopic (exact) mass is 568 g/mol. The van der Waals surface area contributed by atoms with Crippen molar-refractivity contribution in [2.24, 2.45) is 0 Å². The lowest BCUT2D eigenvalue weighted by Crippen LogP contribution is -2.31. The van der Waals surface area contributed by atoms with Crippen molar-refractivity contribution < 1.29 is 18.9 Å². The number of nitrogens with zero attached hydrogens (tertiary/aromatic N) is 2. The zero-order valence-electron chi connectivity index (χ0n) is 25.4. The average molecular weight is 569 g/mol. The highest BCUT2D eigenvalue weighted by Gasteiger charge is 2.33. The molecule has 0 amide bonds. The molecule has 4 aliphatic heterocycles. The molecule has 4 atom stereocenters. The first kappa shape index (κ1) is 27.9. The van der Waals surface area contributed by atoms with E-state index in [4.69, 9.17) is 18.9 Å². The molecule has 222 valence electrons. The zero-order valence-corrected chi connectivity index (χ0v) is 25.4. The van der Waals surface area contributed by atoms with Crippen LogP contribution in [0.5, 0.6) is 0 Å². The smallest absolute Gasteiger partial charge is 0.0984 e. The van der Waals surface area contributed by atoms with Gasteiger partial charge in [-0.05, 0) is 46.5 Å². The van der Waals surface area contributed by atoms with Crippen molar-refractivity contribution in [3.63, 3.8) is 0 Å². The lowest BCUT2D eigenvalue weighted by molar-refractivity contribution is 0.388. The summed E-state index contributed by atoms with van der Waals surface area (Å²) in [6, 6.07) is 27.5. The average Bonchev–Trinajstić information content (AvgIpc) is 3.82. The van der Waals surface area contributed by atoms with E-state index in [0.717, 1.165) is 52.6 Å². The van der Waals surface area contributed by atoms with Crippen LogP contribution in [0, 0.1) is 0 Å². The molecule has 4 saturated heterocycles. The fraction of sp³-hybridized carbons (Fsp3) is 0.500. The lowest BCUT2D eigenvalue weighted by Gasteiger charge is -2.31.